The first kappa shape index (κ1) is 20.6. The van der Waals surface area contributed by atoms with Crippen molar-refractivity contribution in [3.8, 4) is 0 Å². The maximum atomic E-state index is 12.6. The van der Waals surface area contributed by atoms with Gasteiger partial charge in [-0.1, -0.05) is 12.1 Å². The van der Waals surface area contributed by atoms with Gasteiger partial charge in [0.2, 0.25) is 5.91 Å². The van der Waals surface area contributed by atoms with Crippen LogP contribution in [-0.2, 0) is 9.59 Å². The fourth-order valence-corrected chi connectivity index (χ4v) is 4.12. The van der Waals surface area contributed by atoms with Crippen LogP contribution < -0.4 is 0 Å². The second-order valence-corrected chi connectivity index (χ2v) is 8.40. The molecule has 1 fully saturated rings. The second kappa shape index (κ2) is 8.77. The summed E-state index contributed by atoms with van der Waals surface area (Å²) in [6, 6.07) is 7.76. The van der Waals surface area contributed by atoms with Crippen molar-refractivity contribution in [3.63, 3.8) is 0 Å². The second-order valence-electron chi connectivity index (χ2n) is 6.53. The third-order valence-electron chi connectivity index (χ3n) is 3.98. The molecular weight excluding hydrogens is 368 g/mol. The number of hydrogen-bond donors (Lipinski definition) is 0. The number of benzene rings is 1. The lowest BCUT2D eigenvalue weighted by Gasteiger charge is -2.31. The largest absolute Gasteiger partial charge is 0.336 e. The standard InChI is InChI=1S/C19H24N2O3S2/c1-12(2)21(13(3)4)17(22)11-20-18(23)16(26-19(20)24)10-14-6-8-15(25-5)9-7-14/h6-10,12-13H,11H2,1-5H3/b16-10-. The Morgan fingerprint density at radius 2 is 1.73 bits per heavy atom. The number of thioether (sulfide) groups is 2. The molecule has 0 aromatic heterocycles. The average Bonchev–Trinajstić information content (AvgIpc) is 2.82. The van der Waals surface area contributed by atoms with E-state index < -0.39 is 11.1 Å². The van der Waals surface area contributed by atoms with E-state index in [9.17, 15) is 14.4 Å². The summed E-state index contributed by atoms with van der Waals surface area (Å²) < 4.78 is 0. The molecule has 0 atom stereocenters. The molecule has 1 aromatic rings. The topological polar surface area (TPSA) is 57.7 Å². The van der Waals surface area contributed by atoms with Gasteiger partial charge in [-0.2, -0.15) is 0 Å². The lowest BCUT2D eigenvalue weighted by Crippen LogP contribution is -2.48. The Morgan fingerprint density at radius 1 is 1.15 bits per heavy atom. The first-order valence-corrected chi connectivity index (χ1v) is 10.5. The quantitative estimate of drug-likeness (QED) is 0.539. The summed E-state index contributed by atoms with van der Waals surface area (Å²) in [5, 5.41) is -0.400. The number of hydrogen-bond acceptors (Lipinski definition) is 5. The van der Waals surface area contributed by atoms with Gasteiger partial charge in [-0.3, -0.25) is 19.3 Å². The molecule has 26 heavy (non-hydrogen) atoms. The van der Waals surface area contributed by atoms with Crippen molar-refractivity contribution >= 4 is 46.7 Å². The van der Waals surface area contributed by atoms with Crippen molar-refractivity contribution in [1.29, 1.82) is 0 Å². The van der Waals surface area contributed by atoms with Gasteiger partial charge in [0.25, 0.3) is 11.1 Å². The van der Waals surface area contributed by atoms with Gasteiger partial charge in [-0.15, -0.1) is 11.8 Å². The van der Waals surface area contributed by atoms with Crippen LogP contribution in [0, 0.1) is 0 Å². The lowest BCUT2D eigenvalue weighted by molar-refractivity contribution is -0.138. The Labute approximate surface area is 163 Å². The fourth-order valence-electron chi connectivity index (χ4n) is 2.88. The van der Waals surface area contributed by atoms with E-state index in [2.05, 4.69) is 0 Å². The van der Waals surface area contributed by atoms with Gasteiger partial charge in [0.05, 0.1) is 4.91 Å². The van der Waals surface area contributed by atoms with Crippen molar-refractivity contribution in [3.05, 3.63) is 34.7 Å². The van der Waals surface area contributed by atoms with Gasteiger partial charge < -0.3 is 4.90 Å². The third kappa shape index (κ3) is 4.71. The minimum absolute atomic E-state index is 0.00734. The van der Waals surface area contributed by atoms with E-state index in [1.807, 2.05) is 58.2 Å². The minimum atomic E-state index is -0.408. The highest BCUT2D eigenvalue weighted by Gasteiger charge is 2.37. The Bertz CT molecular complexity index is 719. The van der Waals surface area contributed by atoms with Gasteiger partial charge in [0.15, 0.2) is 0 Å². The molecule has 2 rings (SSSR count). The zero-order valence-electron chi connectivity index (χ0n) is 15.7. The van der Waals surface area contributed by atoms with Crippen LogP contribution in [0.4, 0.5) is 4.79 Å². The zero-order valence-corrected chi connectivity index (χ0v) is 17.3. The smallest absolute Gasteiger partial charge is 0.294 e. The molecule has 1 heterocycles. The number of carbonyl (C=O) groups is 3. The van der Waals surface area contributed by atoms with Crippen molar-refractivity contribution in [2.75, 3.05) is 12.8 Å². The Balaban J connectivity index is 2.15. The number of amides is 3. The monoisotopic (exact) mass is 392 g/mol. The SMILES string of the molecule is CSc1ccc(/C=C2\SC(=O)N(CC(=O)N(C(C)C)C(C)C)C2=O)cc1. The Hall–Kier alpha value is -1.73. The van der Waals surface area contributed by atoms with Crippen LogP contribution in [-0.4, -0.2) is 51.7 Å². The molecule has 0 radical (unpaired) electrons. The van der Waals surface area contributed by atoms with E-state index in [-0.39, 0.29) is 24.5 Å². The van der Waals surface area contributed by atoms with E-state index in [1.54, 1.807) is 22.7 Å². The molecule has 0 aliphatic carbocycles. The molecule has 0 spiro atoms. The maximum Gasteiger partial charge on any atom is 0.294 e. The van der Waals surface area contributed by atoms with E-state index in [0.717, 1.165) is 27.1 Å². The van der Waals surface area contributed by atoms with Gasteiger partial charge in [0.1, 0.15) is 6.54 Å². The number of imide groups is 1. The number of rotatable bonds is 6. The minimum Gasteiger partial charge on any atom is -0.336 e. The molecule has 0 bridgehead atoms. The summed E-state index contributed by atoms with van der Waals surface area (Å²) in [4.78, 5) is 41.6. The third-order valence-corrected chi connectivity index (χ3v) is 5.63. The first-order valence-electron chi connectivity index (χ1n) is 8.45. The van der Waals surface area contributed by atoms with Crippen LogP contribution in [0.15, 0.2) is 34.1 Å². The highest BCUT2D eigenvalue weighted by atomic mass is 32.2. The predicted molar refractivity (Wildman–Crippen MR) is 108 cm³/mol. The van der Waals surface area contributed by atoms with E-state index in [1.165, 1.54) is 0 Å². The van der Waals surface area contributed by atoms with Crippen molar-refractivity contribution < 1.29 is 14.4 Å². The van der Waals surface area contributed by atoms with Crippen LogP contribution in [0.2, 0.25) is 0 Å². The molecule has 1 aliphatic heterocycles. The average molecular weight is 393 g/mol. The van der Waals surface area contributed by atoms with E-state index in [4.69, 9.17) is 0 Å². The molecule has 1 saturated heterocycles. The summed E-state index contributed by atoms with van der Waals surface area (Å²) in [7, 11) is 0. The normalized spacial score (nSPS) is 16.3. The van der Waals surface area contributed by atoms with Crippen LogP contribution >= 0.6 is 23.5 Å². The zero-order chi connectivity index (χ0) is 19.4. The molecule has 0 unspecified atom stereocenters. The van der Waals surface area contributed by atoms with Crippen LogP contribution in [0.3, 0.4) is 0 Å². The number of carbonyl (C=O) groups excluding carboxylic acids is 3. The molecule has 0 saturated carbocycles. The molecule has 140 valence electrons. The molecule has 1 aliphatic rings. The summed E-state index contributed by atoms with van der Waals surface area (Å²) in [6.07, 6.45) is 3.69. The highest BCUT2D eigenvalue weighted by molar-refractivity contribution is 8.18. The summed E-state index contributed by atoms with van der Waals surface area (Å²) in [6.45, 7) is 7.46. The van der Waals surface area contributed by atoms with Crippen molar-refractivity contribution in [2.45, 2.75) is 44.7 Å². The molecule has 5 nitrogen and oxygen atoms in total. The lowest BCUT2D eigenvalue weighted by atomic mass is 10.2. The number of nitrogens with zero attached hydrogens (tertiary/aromatic N) is 2. The Morgan fingerprint density at radius 3 is 2.23 bits per heavy atom. The molecular formula is C19H24N2O3S2. The Kier molecular flexibility index (Phi) is 6.94. The summed E-state index contributed by atoms with van der Waals surface area (Å²) in [5.74, 6) is -0.627. The molecule has 1 aromatic carbocycles. The van der Waals surface area contributed by atoms with E-state index in [0.29, 0.717) is 4.91 Å². The summed E-state index contributed by atoms with van der Waals surface area (Å²) in [5.41, 5.74) is 0.852. The molecule has 3 amide bonds. The molecule has 0 N–H and O–H groups in total. The predicted octanol–water partition coefficient (Wildman–Crippen LogP) is 4.09. The fraction of sp³-hybridized carbons (Fsp3) is 0.421. The van der Waals surface area contributed by atoms with Crippen molar-refractivity contribution in [1.82, 2.24) is 9.80 Å². The van der Waals surface area contributed by atoms with E-state index >= 15 is 0 Å². The van der Waals surface area contributed by atoms with Gasteiger partial charge in [-0.05, 0) is 69.5 Å². The van der Waals surface area contributed by atoms with Crippen LogP contribution in [0.1, 0.15) is 33.3 Å². The maximum absolute atomic E-state index is 12.6. The first-order chi connectivity index (χ1) is 12.2. The summed E-state index contributed by atoms with van der Waals surface area (Å²) >= 11 is 2.52. The van der Waals surface area contributed by atoms with Crippen LogP contribution in [0.25, 0.3) is 6.08 Å². The van der Waals surface area contributed by atoms with Gasteiger partial charge in [0, 0.05) is 17.0 Å². The van der Waals surface area contributed by atoms with Gasteiger partial charge >= 0.3 is 0 Å². The highest BCUT2D eigenvalue weighted by Crippen LogP contribution is 2.32. The van der Waals surface area contributed by atoms with Crippen molar-refractivity contribution in [2.24, 2.45) is 0 Å². The van der Waals surface area contributed by atoms with Crippen LogP contribution in [0.5, 0.6) is 0 Å². The van der Waals surface area contributed by atoms with Gasteiger partial charge in [-0.25, -0.2) is 0 Å². The molecule has 7 heteroatoms.